The van der Waals surface area contributed by atoms with Gasteiger partial charge in [-0.3, -0.25) is 4.79 Å². The molecule has 6 unspecified atom stereocenters. The third-order valence-corrected chi connectivity index (χ3v) is 5.39. The molecule has 0 aliphatic heterocycles. The molecule has 3 nitrogen and oxygen atoms in total. The standard InChI is InChI=1S/C16H30N2O/c1-10-4-7-15(12(3)8-10)18-16(19)13-6-5-11(2)14(17)9-13/h10-15H,4-9,17H2,1-3H3,(H,18,19). The quantitative estimate of drug-likeness (QED) is 0.807. The van der Waals surface area contributed by atoms with E-state index in [1.165, 1.54) is 12.8 Å². The Kier molecular flexibility index (Phi) is 4.88. The summed E-state index contributed by atoms with van der Waals surface area (Å²) >= 11 is 0. The summed E-state index contributed by atoms with van der Waals surface area (Å²) in [6, 6.07) is 0.590. The Morgan fingerprint density at radius 3 is 2.37 bits per heavy atom. The predicted octanol–water partition coefficient (Wildman–Crippen LogP) is 2.69. The molecule has 110 valence electrons. The Morgan fingerprint density at radius 2 is 1.74 bits per heavy atom. The molecule has 0 aromatic carbocycles. The van der Waals surface area contributed by atoms with Crippen LogP contribution in [0.2, 0.25) is 0 Å². The molecule has 0 aromatic rings. The van der Waals surface area contributed by atoms with Gasteiger partial charge in [-0.15, -0.1) is 0 Å². The zero-order valence-electron chi connectivity index (χ0n) is 12.7. The monoisotopic (exact) mass is 266 g/mol. The number of hydrogen-bond donors (Lipinski definition) is 2. The Bertz CT molecular complexity index is 318. The van der Waals surface area contributed by atoms with Crippen LogP contribution in [-0.2, 0) is 4.79 Å². The van der Waals surface area contributed by atoms with E-state index in [0.29, 0.717) is 17.9 Å². The minimum Gasteiger partial charge on any atom is -0.353 e. The molecular weight excluding hydrogens is 236 g/mol. The summed E-state index contributed by atoms with van der Waals surface area (Å²) in [5.74, 6) is 2.40. The van der Waals surface area contributed by atoms with E-state index in [9.17, 15) is 4.79 Å². The van der Waals surface area contributed by atoms with Crippen molar-refractivity contribution in [2.24, 2.45) is 29.4 Å². The van der Waals surface area contributed by atoms with Gasteiger partial charge in [-0.25, -0.2) is 0 Å². The van der Waals surface area contributed by atoms with Crippen molar-refractivity contribution in [3.05, 3.63) is 0 Å². The van der Waals surface area contributed by atoms with E-state index in [4.69, 9.17) is 5.73 Å². The number of amides is 1. The molecule has 6 atom stereocenters. The fraction of sp³-hybridized carbons (Fsp3) is 0.938. The molecule has 0 bridgehead atoms. The highest BCUT2D eigenvalue weighted by atomic mass is 16.1. The zero-order chi connectivity index (χ0) is 14.0. The van der Waals surface area contributed by atoms with Gasteiger partial charge in [0.15, 0.2) is 0 Å². The highest BCUT2D eigenvalue weighted by Crippen LogP contribution is 2.31. The van der Waals surface area contributed by atoms with Crippen molar-refractivity contribution < 1.29 is 4.79 Å². The van der Waals surface area contributed by atoms with Crippen molar-refractivity contribution in [1.82, 2.24) is 5.32 Å². The molecule has 0 spiro atoms. The first-order valence-electron chi connectivity index (χ1n) is 8.03. The maximum absolute atomic E-state index is 12.4. The number of nitrogens with two attached hydrogens (primary N) is 1. The molecule has 2 fully saturated rings. The van der Waals surface area contributed by atoms with Crippen LogP contribution in [0.1, 0.15) is 59.3 Å². The summed E-state index contributed by atoms with van der Waals surface area (Å²) < 4.78 is 0. The van der Waals surface area contributed by atoms with Crippen molar-refractivity contribution in [3.63, 3.8) is 0 Å². The van der Waals surface area contributed by atoms with Gasteiger partial charge in [-0.1, -0.05) is 20.8 Å². The Labute approximate surface area is 117 Å². The first kappa shape index (κ1) is 14.8. The van der Waals surface area contributed by atoms with Crippen molar-refractivity contribution in [1.29, 1.82) is 0 Å². The fourth-order valence-corrected chi connectivity index (χ4v) is 3.78. The van der Waals surface area contributed by atoms with Crippen LogP contribution < -0.4 is 11.1 Å². The molecule has 0 heterocycles. The topological polar surface area (TPSA) is 55.1 Å². The Hall–Kier alpha value is -0.570. The summed E-state index contributed by atoms with van der Waals surface area (Å²) in [5, 5.41) is 3.30. The van der Waals surface area contributed by atoms with E-state index in [1.807, 2.05) is 0 Å². The summed E-state index contributed by atoms with van der Waals surface area (Å²) in [6.45, 7) is 6.79. The number of hydrogen-bond acceptors (Lipinski definition) is 2. The lowest BCUT2D eigenvalue weighted by atomic mass is 9.77. The third-order valence-electron chi connectivity index (χ3n) is 5.39. The van der Waals surface area contributed by atoms with Gasteiger partial charge >= 0.3 is 0 Å². The lowest BCUT2D eigenvalue weighted by Gasteiger charge is -2.36. The van der Waals surface area contributed by atoms with Crippen molar-refractivity contribution in [3.8, 4) is 0 Å². The van der Waals surface area contributed by atoms with Gasteiger partial charge in [0, 0.05) is 18.0 Å². The molecule has 3 heteroatoms. The highest BCUT2D eigenvalue weighted by Gasteiger charge is 2.32. The molecule has 0 saturated heterocycles. The zero-order valence-corrected chi connectivity index (χ0v) is 12.7. The average molecular weight is 266 g/mol. The Balaban J connectivity index is 1.84. The average Bonchev–Trinajstić information content (AvgIpc) is 2.36. The summed E-state index contributed by atoms with van der Waals surface area (Å²) in [5.41, 5.74) is 6.11. The molecule has 2 saturated carbocycles. The van der Waals surface area contributed by atoms with E-state index in [-0.39, 0.29) is 17.9 Å². The maximum Gasteiger partial charge on any atom is 0.223 e. The lowest BCUT2D eigenvalue weighted by Crippen LogP contribution is -2.47. The van der Waals surface area contributed by atoms with Crippen LogP contribution >= 0.6 is 0 Å². The number of rotatable bonds is 2. The van der Waals surface area contributed by atoms with Crippen LogP contribution in [0.5, 0.6) is 0 Å². The van der Waals surface area contributed by atoms with Crippen molar-refractivity contribution in [2.75, 3.05) is 0 Å². The fourth-order valence-electron chi connectivity index (χ4n) is 3.78. The van der Waals surface area contributed by atoms with Gasteiger partial charge in [-0.05, 0) is 56.3 Å². The van der Waals surface area contributed by atoms with Crippen LogP contribution in [0.3, 0.4) is 0 Å². The molecule has 0 radical (unpaired) electrons. The van der Waals surface area contributed by atoms with Crippen LogP contribution in [0.25, 0.3) is 0 Å². The molecule has 0 aromatic heterocycles. The van der Waals surface area contributed by atoms with Crippen LogP contribution in [0.15, 0.2) is 0 Å². The molecule has 2 rings (SSSR count). The van der Waals surface area contributed by atoms with Gasteiger partial charge < -0.3 is 11.1 Å². The first-order valence-corrected chi connectivity index (χ1v) is 8.03. The van der Waals surface area contributed by atoms with E-state index in [0.717, 1.165) is 31.6 Å². The van der Waals surface area contributed by atoms with Crippen LogP contribution in [0.4, 0.5) is 0 Å². The summed E-state index contributed by atoms with van der Waals surface area (Å²) in [7, 11) is 0. The normalized spacial score (nSPS) is 43.8. The van der Waals surface area contributed by atoms with Crippen molar-refractivity contribution in [2.45, 2.75) is 71.4 Å². The molecule has 2 aliphatic carbocycles. The van der Waals surface area contributed by atoms with Crippen LogP contribution in [0, 0.1) is 23.7 Å². The molecule has 2 aliphatic rings. The van der Waals surface area contributed by atoms with Crippen LogP contribution in [-0.4, -0.2) is 18.0 Å². The molecular formula is C16H30N2O. The van der Waals surface area contributed by atoms with Gasteiger partial charge in [0.2, 0.25) is 5.91 Å². The minimum atomic E-state index is 0.151. The second kappa shape index (κ2) is 6.25. The van der Waals surface area contributed by atoms with E-state index in [1.54, 1.807) is 0 Å². The predicted molar refractivity (Wildman–Crippen MR) is 78.6 cm³/mol. The van der Waals surface area contributed by atoms with Gasteiger partial charge in [0.05, 0.1) is 0 Å². The largest absolute Gasteiger partial charge is 0.353 e. The second-order valence-electron chi connectivity index (χ2n) is 7.16. The van der Waals surface area contributed by atoms with E-state index in [2.05, 4.69) is 26.1 Å². The molecule has 3 N–H and O–H groups in total. The second-order valence-corrected chi connectivity index (χ2v) is 7.16. The SMILES string of the molecule is CC1CCC(NC(=O)C2CCC(C)C(N)C2)C(C)C1. The number of carbonyl (C=O) groups is 1. The maximum atomic E-state index is 12.4. The third kappa shape index (κ3) is 3.71. The number of carbonyl (C=O) groups excluding carboxylic acids is 1. The van der Waals surface area contributed by atoms with Gasteiger partial charge in [0.25, 0.3) is 0 Å². The smallest absolute Gasteiger partial charge is 0.223 e. The Morgan fingerprint density at radius 1 is 1.00 bits per heavy atom. The first-order chi connectivity index (χ1) is 8.97. The minimum absolute atomic E-state index is 0.151. The summed E-state index contributed by atoms with van der Waals surface area (Å²) in [6.07, 6.45) is 6.60. The lowest BCUT2D eigenvalue weighted by molar-refractivity contribution is -0.127. The van der Waals surface area contributed by atoms with Gasteiger partial charge in [-0.2, -0.15) is 0 Å². The molecule has 19 heavy (non-hydrogen) atoms. The van der Waals surface area contributed by atoms with E-state index < -0.39 is 0 Å². The highest BCUT2D eigenvalue weighted by molar-refractivity contribution is 5.79. The number of nitrogens with one attached hydrogen (secondary N) is 1. The van der Waals surface area contributed by atoms with Crippen molar-refractivity contribution >= 4 is 5.91 Å². The van der Waals surface area contributed by atoms with Gasteiger partial charge in [0.1, 0.15) is 0 Å². The summed E-state index contributed by atoms with van der Waals surface area (Å²) in [4.78, 5) is 12.4. The van der Waals surface area contributed by atoms with E-state index >= 15 is 0 Å². The molecule has 1 amide bonds.